The van der Waals surface area contributed by atoms with Crippen LogP contribution in [0.5, 0.6) is 0 Å². The topological polar surface area (TPSA) is 57.6 Å². The lowest BCUT2D eigenvalue weighted by molar-refractivity contribution is 0.0385. The lowest BCUT2D eigenvalue weighted by atomic mass is 10.0. The molecule has 1 atom stereocenters. The minimum atomic E-state index is -3.06. The third-order valence-corrected chi connectivity index (χ3v) is 4.38. The van der Waals surface area contributed by atoms with Gasteiger partial charge in [0, 0.05) is 13.1 Å². The zero-order valence-electron chi connectivity index (χ0n) is 8.15. The minimum Gasteiger partial charge on any atom is -0.389 e. The van der Waals surface area contributed by atoms with Gasteiger partial charge in [-0.1, -0.05) is 6.92 Å². The van der Waals surface area contributed by atoms with Crippen LogP contribution in [0.2, 0.25) is 0 Å². The predicted molar refractivity (Wildman–Crippen MR) is 50.9 cm³/mol. The van der Waals surface area contributed by atoms with E-state index >= 15 is 0 Å². The van der Waals surface area contributed by atoms with E-state index < -0.39 is 15.6 Å². The molecule has 0 bridgehead atoms. The van der Waals surface area contributed by atoms with Crippen LogP contribution in [-0.4, -0.2) is 42.3 Å². The van der Waals surface area contributed by atoms with Gasteiger partial charge in [-0.05, 0) is 19.8 Å². The van der Waals surface area contributed by atoms with Gasteiger partial charge in [0.1, 0.15) is 0 Å². The molecule has 1 heterocycles. The summed E-state index contributed by atoms with van der Waals surface area (Å²) in [6.07, 6.45) is 1.25. The second-order valence-electron chi connectivity index (χ2n) is 3.85. The van der Waals surface area contributed by atoms with Crippen molar-refractivity contribution in [2.75, 3.05) is 18.8 Å². The van der Waals surface area contributed by atoms with Crippen molar-refractivity contribution < 1.29 is 13.5 Å². The number of sulfonamides is 1. The molecule has 1 aliphatic rings. The van der Waals surface area contributed by atoms with Crippen molar-refractivity contribution in [1.29, 1.82) is 0 Å². The lowest BCUT2D eigenvalue weighted by Crippen LogP contribution is -2.41. The highest BCUT2D eigenvalue weighted by Gasteiger charge is 2.33. The molecule has 0 aliphatic carbocycles. The van der Waals surface area contributed by atoms with Crippen LogP contribution in [-0.2, 0) is 10.0 Å². The molecule has 4 nitrogen and oxygen atoms in total. The van der Waals surface area contributed by atoms with E-state index in [4.69, 9.17) is 0 Å². The van der Waals surface area contributed by atoms with Crippen LogP contribution in [0.3, 0.4) is 0 Å². The Morgan fingerprint density at radius 2 is 2.15 bits per heavy atom. The molecular formula is C8H17NO3S. The highest BCUT2D eigenvalue weighted by molar-refractivity contribution is 7.89. The molecule has 1 unspecified atom stereocenters. The van der Waals surface area contributed by atoms with E-state index in [1.807, 2.05) is 6.92 Å². The molecule has 5 heteroatoms. The van der Waals surface area contributed by atoms with Gasteiger partial charge >= 0.3 is 0 Å². The molecule has 0 aromatic rings. The highest BCUT2D eigenvalue weighted by atomic mass is 32.2. The fraction of sp³-hybridized carbons (Fsp3) is 1.00. The Balaban J connectivity index is 2.65. The quantitative estimate of drug-likeness (QED) is 0.718. The van der Waals surface area contributed by atoms with E-state index in [2.05, 4.69) is 0 Å². The first-order chi connectivity index (χ1) is 5.87. The molecule has 1 rings (SSSR count). The van der Waals surface area contributed by atoms with Crippen molar-refractivity contribution in [3.8, 4) is 0 Å². The summed E-state index contributed by atoms with van der Waals surface area (Å²) < 4.78 is 24.1. The summed E-state index contributed by atoms with van der Waals surface area (Å²) in [6.45, 7) is 4.30. The zero-order valence-corrected chi connectivity index (χ0v) is 8.97. The molecule has 0 aromatic carbocycles. The Kier molecular flexibility index (Phi) is 2.99. The van der Waals surface area contributed by atoms with Gasteiger partial charge in [-0.25, -0.2) is 8.42 Å². The molecule has 13 heavy (non-hydrogen) atoms. The molecular weight excluding hydrogens is 190 g/mol. The summed E-state index contributed by atoms with van der Waals surface area (Å²) in [4.78, 5) is 0. The summed E-state index contributed by atoms with van der Waals surface area (Å²) in [6, 6.07) is 0. The number of hydrogen-bond acceptors (Lipinski definition) is 3. The first-order valence-corrected chi connectivity index (χ1v) is 6.18. The van der Waals surface area contributed by atoms with Gasteiger partial charge in [0.05, 0.1) is 11.4 Å². The smallest absolute Gasteiger partial charge is 0.214 e. The first-order valence-electron chi connectivity index (χ1n) is 4.57. The summed E-state index contributed by atoms with van der Waals surface area (Å²) in [7, 11) is -3.06. The van der Waals surface area contributed by atoms with E-state index in [-0.39, 0.29) is 12.3 Å². The van der Waals surface area contributed by atoms with Crippen LogP contribution in [0.15, 0.2) is 0 Å². The van der Waals surface area contributed by atoms with Crippen LogP contribution in [0.1, 0.15) is 26.7 Å². The minimum absolute atomic E-state index is 0.228. The first kappa shape index (κ1) is 10.9. The molecule has 0 amide bonds. The maximum absolute atomic E-state index is 11.4. The van der Waals surface area contributed by atoms with Gasteiger partial charge in [-0.15, -0.1) is 0 Å². The standard InChI is InChI=1S/C8H17NO3S/c1-3-8(2,10)7-9-5-4-6-13(9,11)12/h10H,3-7H2,1-2H3. The maximum Gasteiger partial charge on any atom is 0.214 e. The van der Waals surface area contributed by atoms with Gasteiger partial charge < -0.3 is 5.11 Å². The van der Waals surface area contributed by atoms with E-state index in [0.29, 0.717) is 19.4 Å². The summed E-state index contributed by atoms with van der Waals surface area (Å²) >= 11 is 0. The SMILES string of the molecule is CCC(C)(O)CN1CCCS1(=O)=O. The normalized spacial score (nSPS) is 27.3. The monoisotopic (exact) mass is 207 g/mol. The third-order valence-electron chi connectivity index (χ3n) is 2.48. The Morgan fingerprint density at radius 1 is 1.54 bits per heavy atom. The fourth-order valence-corrected chi connectivity index (χ4v) is 2.99. The van der Waals surface area contributed by atoms with Gasteiger partial charge in [-0.2, -0.15) is 4.31 Å². The largest absolute Gasteiger partial charge is 0.389 e. The van der Waals surface area contributed by atoms with E-state index in [1.54, 1.807) is 6.92 Å². The van der Waals surface area contributed by atoms with Gasteiger partial charge in [0.25, 0.3) is 0 Å². The average molecular weight is 207 g/mol. The Morgan fingerprint density at radius 3 is 2.54 bits per heavy atom. The van der Waals surface area contributed by atoms with E-state index in [0.717, 1.165) is 0 Å². The van der Waals surface area contributed by atoms with Crippen LogP contribution in [0.25, 0.3) is 0 Å². The number of rotatable bonds is 3. The molecule has 78 valence electrons. The van der Waals surface area contributed by atoms with Gasteiger partial charge in [0.15, 0.2) is 0 Å². The number of hydrogen-bond donors (Lipinski definition) is 1. The predicted octanol–water partition coefficient (Wildman–Crippen LogP) is 0.183. The van der Waals surface area contributed by atoms with Crippen LogP contribution in [0, 0.1) is 0 Å². The molecule has 1 aliphatic heterocycles. The number of β-amino-alcohol motifs (C(OH)–C–C–N with tert-alkyl or cyclic N) is 1. The Bertz CT molecular complexity index is 271. The zero-order chi connectivity index (χ0) is 10.1. The molecule has 0 saturated carbocycles. The maximum atomic E-state index is 11.4. The molecule has 0 aromatic heterocycles. The second-order valence-corrected chi connectivity index (χ2v) is 5.94. The van der Waals surface area contributed by atoms with Crippen LogP contribution >= 0.6 is 0 Å². The van der Waals surface area contributed by atoms with Crippen LogP contribution in [0.4, 0.5) is 0 Å². The van der Waals surface area contributed by atoms with Crippen LogP contribution < -0.4 is 0 Å². The lowest BCUT2D eigenvalue weighted by Gasteiger charge is -2.26. The van der Waals surface area contributed by atoms with Crippen molar-refractivity contribution in [3.05, 3.63) is 0 Å². The van der Waals surface area contributed by atoms with Crippen molar-refractivity contribution >= 4 is 10.0 Å². The number of aliphatic hydroxyl groups is 1. The van der Waals surface area contributed by atoms with E-state index in [1.165, 1.54) is 4.31 Å². The van der Waals surface area contributed by atoms with Gasteiger partial charge in [0.2, 0.25) is 10.0 Å². The van der Waals surface area contributed by atoms with Gasteiger partial charge in [-0.3, -0.25) is 0 Å². The molecule has 1 saturated heterocycles. The summed E-state index contributed by atoms with van der Waals surface area (Å²) in [5.74, 6) is 0.229. The summed E-state index contributed by atoms with van der Waals surface area (Å²) in [5.41, 5.74) is -0.891. The van der Waals surface area contributed by atoms with Crippen molar-refractivity contribution in [2.45, 2.75) is 32.3 Å². The number of nitrogens with zero attached hydrogens (tertiary/aromatic N) is 1. The van der Waals surface area contributed by atoms with E-state index in [9.17, 15) is 13.5 Å². The van der Waals surface area contributed by atoms with Crippen molar-refractivity contribution in [1.82, 2.24) is 4.31 Å². The van der Waals surface area contributed by atoms with Crippen molar-refractivity contribution in [2.24, 2.45) is 0 Å². The molecule has 0 spiro atoms. The second kappa shape index (κ2) is 3.55. The fourth-order valence-electron chi connectivity index (χ4n) is 1.36. The highest BCUT2D eigenvalue weighted by Crippen LogP contribution is 2.19. The summed E-state index contributed by atoms with van der Waals surface area (Å²) in [5, 5.41) is 9.71. The van der Waals surface area contributed by atoms with Crippen molar-refractivity contribution in [3.63, 3.8) is 0 Å². The Hall–Kier alpha value is -0.130. The molecule has 0 radical (unpaired) electrons. The molecule has 1 fully saturated rings. The Labute approximate surface area is 79.6 Å². The average Bonchev–Trinajstić information content (AvgIpc) is 2.31. The molecule has 1 N–H and O–H groups in total. The third kappa shape index (κ3) is 2.65.